The Morgan fingerprint density at radius 1 is 1.31 bits per heavy atom. The third-order valence-electron chi connectivity index (χ3n) is 2.76. The topological polar surface area (TPSA) is 42.2 Å². The number of hydrogen-bond donors (Lipinski definition) is 0. The molecule has 0 fully saturated rings. The maximum absolute atomic E-state index is 8.92. The minimum Gasteiger partial charge on any atom is -0.486 e. The molecule has 1 aliphatic rings. The number of benzene rings is 1. The standard InChI is InChI=1S/C13H15NO2/c1-2-10(9-14)7-11-3-4-12-13(8-11)16-6-5-15-12/h3-4,8,10H,2,5-7H2,1H3. The van der Waals surface area contributed by atoms with Gasteiger partial charge in [-0.15, -0.1) is 0 Å². The summed E-state index contributed by atoms with van der Waals surface area (Å²) in [5.41, 5.74) is 1.14. The van der Waals surface area contributed by atoms with Crippen molar-refractivity contribution in [1.29, 1.82) is 5.26 Å². The van der Waals surface area contributed by atoms with Crippen LogP contribution in [0.3, 0.4) is 0 Å². The third-order valence-corrected chi connectivity index (χ3v) is 2.76. The molecule has 0 bridgehead atoms. The molecule has 1 aromatic carbocycles. The molecule has 1 aromatic rings. The first-order chi connectivity index (χ1) is 7.83. The van der Waals surface area contributed by atoms with Crippen LogP contribution in [0, 0.1) is 17.2 Å². The van der Waals surface area contributed by atoms with E-state index >= 15 is 0 Å². The van der Waals surface area contributed by atoms with Crippen LogP contribution in [0.5, 0.6) is 11.5 Å². The molecule has 0 N–H and O–H groups in total. The number of nitrogens with zero attached hydrogens (tertiary/aromatic N) is 1. The molecule has 16 heavy (non-hydrogen) atoms. The van der Waals surface area contributed by atoms with Crippen molar-refractivity contribution in [3.63, 3.8) is 0 Å². The van der Waals surface area contributed by atoms with Crippen molar-refractivity contribution in [2.24, 2.45) is 5.92 Å². The van der Waals surface area contributed by atoms with E-state index in [1.807, 2.05) is 25.1 Å². The van der Waals surface area contributed by atoms with Gasteiger partial charge < -0.3 is 9.47 Å². The van der Waals surface area contributed by atoms with Crippen LogP contribution in [0.4, 0.5) is 0 Å². The second-order valence-electron chi connectivity index (χ2n) is 3.92. The van der Waals surface area contributed by atoms with Crippen molar-refractivity contribution in [1.82, 2.24) is 0 Å². The van der Waals surface area contributed by atoms with Crippen molar-refractivity contribution in [3.05, 3.63) is 23.8 Å². The smallest absolute Gasteiger partial charge is 0.161 e. The lowest BCUT2D eigenvalue weighted by molar-refractivity contribution is 0.171. The van der Waals surface area contributed by atoms with E-state index in [2.05, 4.69) is 6.07 Å². The van der Waals surface area contributed by atoms with E-state index in [0.29, 0.717) is 13.2 Å². The molecule has 84 valence electrons. The maximum atomic E-state index is 8.92. The Morgan fingerprint density at radius 3 is 2.75 bits per heavy atom. The van der Waals surface area contributed by atoms with E-state index in [0.717, 1.165) is 29.9 Å². The summed E-state index contributed by atoms with van der Waals surface area (Å²) in [5.74, 6) is 1.69. The zero-order chi connectivity index (χ0) is 11.4. The van der Waals surface area contributed by atoms with Gasteiger partial charge in [0.2, 0.25) is 0 Å². The van der Waals surface area contributed by atoms with E-state index in [-0.39, 0.29) is 5.92 Å². The molecule has 0 saturated carbocycles. The quantitative estimate of drug-likeness (QED) is 0.781. The van der Waals surface area contributed by atoms with Gasteiger partial charge in [-0.2, -0.15) is 5.26 Å². The first-order valence-electron chi connectivity index (χ1n) is 5.61. The Balaban J connectivity index is 2.14. The van der Waals surface area contributed by atoms with Gasteiger partial charge in [0, 0.05) is 0 Å². The summed E-state index contributed by atoms with van der Waals surface area (Å²) in [6.45, 7) is 3.25. The fourth-order valence-corrected chi connectivity index (χ4v) is 1.78. The second-order valence-corrected chi connectivity index (χ2v) is 3.92. The van der Waals surface area contributed by atoms with Gasteiger partial charge in [-0.05, 0) is 30.5 Å². The summed E-state index contributed by atoms with van der Waals surface area (Å²) in [6, 6.07) is 8.22. The molecule has 0 aromatic heterocycles. The lowest BCUT2D eigenvalue weighted by Crippen LogP contribution is -2.15. The summed E-state index contributed by atoms with van der Waals surface area (Å²) in [6.07, 6.45) is 1.66. The van der Waals surface area contributed by atoms with Crippen LogP contribution < -0.4 is 9.47 Å². The molecule has 3 heteroatoms. The molecule has 1 aliphatic heterocycles. The second kappa shape index (κ2) is 4.89. The highest BCUT2D eigenvalue weighted by molar-refractivity contribution is 5.44. The average Bonchev–Trinajstić information content (AvgIpc) is 2.35. The van der Waals surface area contributed by atoms with Crippen LogP contribution in [-0.2, 0) is 6.42 Å². The molecule has 0 amide bonds. The van der Waals surface area contributed by atoms with Crippen molar-refractivity contribution in [2.75, 3.05) is 13.2 Å². The molecule has 0 saturated heterocycles. The zero-order valence-electron chi connectivity index (χ0n) is 9.40. The molecule has 1 heterocycles. The normalized spacial score (nSPS) is 15.2. The summed E-state index contributed by atoms with van der Waals surface area (Å²) >= 11 is 0. The van der Waals surface area contributed by atoms with Gasteiger partial charge in [0.05, 0.1) is 12.0 Å². The van der Waals surface area contributed by atoms with Gasteiger partial charge in [0.25, 0.3) is 0 Å². The summed E-state index contributed by atoms with van der Waals surface area (Å²) in [5, 5.41) is 8.92. The fourth-order valence-electron chi connectivity index (χ4n) is 1.78. The van der Waals surface area contributed by atoms with Gasteiger partial charge in [-0.25, -0.2) is 0 Å². The van der Waals surface area contributed by atoms with Crippen LogP contribution in [0.25, 0.3) is 0 Å². The largest absolute Gasteiger partial charge is 0.486 e. The van der Waals surface area contributed by atoms with Crippen LogP contribution in [0.2, 0.25) is 0 Å². The van der Waals surface area contributed by atoms with Gasteiger partial charge in [-0.3, -0.25) is 0 Å². The Bertz CT molecular complexity index is 409. The van der Waals surface area contributed by atoms with Crippen LogP contribution >= 0.6 is 0 Å². The van der Waals surface area contributed by atoms with Gasteiger partial charge in [-0.1, -0.05) is 13.0 Å². The van der Waals surface area contributed by atoms with E-state index in [1.54, 1.807) is 0 Å². The minimum atomic E-state index is 0.0857. The van der Waals surface area contributed by atoms with Crippen LogP contribution in [0.15, 0.2) is 18.2 Å². The SMILES string of the molecule is CCC(C#N)Cc1ccc2c(c1)OCCO2. The van der Waals surface area contributed by atoms with Gasteiger partial charge in [0.15, 0.2) is 11.5 Å². The Hall–Kier alpha value is -1.69. The van der Waals surface area contributed by atoms with Gasteiger partial charge in [0.1, 0.15) is 13.2 Å². The number of fused-ring (bicyclic) bond motifs is 1. The Kier molecular flexibility index (Phi) is 3.31. The number of hydrogen-bond acceptors (Lipinski definition) is 3. The number of nitriles is 1. The van der Waals surface area contributed by atoms with E-state index in [4.69, 9.17) is 14.7 Å². The molecule has 1 atom stereocenters. The number of ether oxygens (including phenoxy) is 2. The first kappa shape index (κ1) is 10.8. The van der Waals surface area contributed by atoms with Crippen molar-refractivity contribution < 1.29 is 9.47 Å². The lowest BCUT2D eigenvalue weighted by Gasteiger charge is -2.19. The molecule has 0 radical (unpaired) electrons. The average molecular weight is 217 g/mol. The summed E-state index contributed by atoms with van der Waals surface area (Å²) in [4.78, 5) is 0. The summed E-state index contributed by atoms with van der Waals surface area (Å²) in [7, 11) is 0. The van der Waals surface area contributed by atoms with Crippen LogP contribution in [-0.4, -0.2) is 13.2 Å². The molecule has 0 spiro atoms. The molecular weight excluding hydrogens is 202 g/mol. The molecule has 0 aliphatic carbocycles. The summed E-state index contributed by atoms with van der Waals surface area (Å²) < 4.78 is 11.0. The van der Waals surface area contributed by atoms with Gasteiger partial charge >= 0.3 is 0 Å². The highest BCUT2D eigenvalue weighted by Gasteiger charge is 2.13. The van der Waals surface area contributed by atoms with E-state index in [9.17, 15) is 0 Å². The maximum Gasteiger partial charge on any atom is 0.161 e. The predicted molar refractivity (Wildman–Crippen MR) is 60.5 cm³/mol. The van der Waals surface area contributed by atoms with Crippen molar-refractivity contribution >= 4 is 0 Å². The molecule has 1 unspecified atom stereocenters. The van der Waals surface area contributed by atoms with Crippen molar-refractivity contribution in [3.8, 4) is 17.6 Å². The van der Waals surface area contributed by atoms with Crippen molar-refractivity contribution in [2.45, 2.75) is 19.8 Å². The first-order valence-corrected chi connectivity index (χ1v) is 5.61. The molecule has 3 nitrogen and oxygen atoms in total. The lowest BCUT2D eigenvalue weighted by atomic mass is 9.98. The monoisotopic (exact) mass is 217 g/mol. The van der Waals surface area contributed by atoms with Crippen LogP contribution in [0.1, 0.15) is 18.9 Å². The highest BCUT2D eigenvalue weighted by atomic mass is 16.6. The minimum absolute atomic E-state index is 0.0857. The molecule has 2 rings (SSSR count). The van der Waals surface area contributed by atoms with E-state index in [1.165, 1.54) is 0 Å². The highest BCUT2D eigenvalue weighted by Crippen LogP contribution is 2.31. The zero-order valence-corrected chi connectivity index (χ0v) is 9.40. The fraction of sp³-hybridized carbons (Fsp3) is 0.462. The Morgan fingerprint density at radius 2 is 2.06 bits per heavy atom. The number of rotatable bonds is 3. The third kappa shape index (κ3) is 2.27. The Labute approximate surface area is 95.6 Å². The van der Waals surface area contributed by atoms with E-state index < -0.39 is 0 Å². The predicted octanol–water partition coefficient (Wildman–Crippen LogP) is 2.55. The molecular formula is C13H15NO2.